The van der Waals surface area contributed by atoms with Crippen LogP contribution in [0.2, 0.25) is 0 Å². The fourth-order valence-electron chi connectivity index (χ4n) is 1.88. The van der Waals surface area contributed by atoms with Gasteiger partial charge in [-0.05, 0) is 32.4 Å². The molecular formula is C13H29N3O. The number of amides is 1. The van der Waals surface area contributed by atoms with Gasteiger partial charge in [0.15, 0.2) is 0 Å². The van der Waals surface area contributed by atoms with Crippen LogP contribution in [0.4, 0.5) is 0 Å². The van der Waals surface area contributed by atoms with E-state index in [-0.39, 0.29) is 18.0 Å². The Morgan fingerprint density at radius 3 is 2.18 bits per heavy atom. The van der Waals surface area contributed by atoms with Crippen LogP contribution in [-0.2, 0) is 4.79 Å². The van der Waals surface area contributed by atoms with Gasteiger partial charge in [0, 0.05) is 12.6 Å². The van der Waals surface area contributed by atoms with E-state index in [9.17, 15) is 4.79 Å². The van der Waals surface area contributed by atoms with E-state index < -0.39 is 0 Å². The second-order valence-electron chi connectivity index (χ2n) is 5.13. The van der Waals surface area contributed by atoms with Crippen molar-refractivity contribution in [2.75, 3.05) is 19.6 Å². The summed E-state index contributed by atoms with van der Waals surface area (Å²) in [7, 11) is 0. The molecule has 0 aliphatic heterocycles. The molecule has 0 aromatic rings. The normalized spacial score (nSPS) is 15.1. The molecule has 102 valence electrons. The molecule has 3 N–H and O–H groups in total. The Morgan fingerprint density at radius 2 is 1.76 bits per heavy atom. The fourth-order valence-corrected chi connectivity index (χ4v) is 1.88. The summed E-state index contributed by atoms with van der Waals surface area (Å²) in [6, 6.07) is -0.227. The van der Waals surface area contributed by atoms with Crippen LogP contribution in [0, 0.1) is 5.92 Å². The van der Waals surface area contributed by atoms with Gasteiger partial charge in [-0.25, -0.2) is 0 Å². The molecule has 1 unspecified atom stereocenters. The van der Waals surface area contributed by atoms with Gasteiger partial charge in [-0.3, -0.25) is 4.79 Å². The van der Waals surface area contributed by atoms with Gasteiger partial charge in [0.1, 0.15) is 0 Å². The van der Waals surface area contributed by atoms with Crippen LogP contribution in [0.25, 0.3) is 0 Å². The highest BCUT2D eigenvalue weighted by atomic mass is 16.2. The Bertz CT molecular complexity index is 215. The van der Waals surface area contributed by atoms with Crippen molar-refractivity contribution in [3.8, 4) is 0 Å². The van der Waals surface area contributed by atoms with Crippen molar-refractivity contribution in [1.29, 1.82) is 0 Å². The maximum Gasteiger partial charge on any atom is 0.237 e. The van der Waals surface area contributed by atoms with Crippen molar-refractivity contribution in [2.45, 2.75) is 53.1 Å². The van der Waals surface area contributed by atoms with Crippen LogP contribution in [-0.4, -0.2) is 42.5 Å². The molecule has 0 spiro atoms. The minimum Gasteiger partial charge on any atom is -0.351 e. The number of nitrogens with zero attached hydrogens (tertiary/aromatic N) is 1. The molecule has 4 heteroatoms. The van der Waals surface area contributed by atoms with E-state index >= 15 is 0 Å². The van der Waals surface area contributed by atoms with E-state index in [1.54, 1.807) is 0 Å². The molecule has 0 aromatic heterocycles. The van der Waals surface area contributed by atoms with Crippen LogP contribution in [0.3, 0.4) is 0 Å². The zero-order valence-corrected chi connectivity index (χ0v) is 12.0. The largest absolute Gasteiger partial charge is 0.351 e. The van der Waals surface area contributed by atoms with Gasteiger partial charge in [0.2, 0.25) is 5.91 Å². The van der Waals surface area contributed by atoms with E-state index in [1.807, 2.05) is 6.92 Å². The third kappa shape index (κ3) is 7.34. The lowest BCUT2D eigenvalue weighted by Gasteiger charge is -2.24. The molecule has 0 saturated carbocycles. The van der Waals surface area contributed by atoms with E-state index in [2.05, 4.69) is 37.9 Å². The number of carbonyl (C=O) groups excluding carboxylic acids is 1. The molecule has 4 nitrogen and oxygen atoms in total. The minimum atomic E-state index is -0.380. The molecular weight excluding hydrogens is 214 g/mol. The lowest BCUT2D eigenvalue weighted by Crippen LogP contribution is -2.48. The molecule has 0 radical (unpaired) electrons. The highest BCUT2D eigenvalue weighted by Crippen LogP contribution is 2.03. The van der Waals surface area contributed by atoms with Crippen LogP contribution in [0.15, 0.2) is 0 Å². The van der Waals surface area contributed by atoms with Crippen molar-refractivity contribution in [1.82, 2.24) is 10.2 Å². The van der Waals surface area contributed by atoms with Gasteiger partial charge in [-0.15, -0.1) is 0 Å². The molecule has 0 bridgehead atoms. The summed E-state index contributed by atoms with van der Waals surface area (Å²) in [6.07, 6.45) is 0.740. The standard InChI is InChI=1S/C13H29N3O/c1-6-16(7-2)9-11(5)15-13(17)12(14)8-10(3)4/h10-12H,6-9,14H2,1-5H3,(H,15,17)/t11?,12-/m1/s1. The fraction of sp³-hybridized carbons (Fsp3) is 0.923. The predicted molar refractivity (Wildman–Crippen MR) is 72.8 cm³/mol. The van der Waals surface area contributed by atoms with Crippen molar-refractivity contribution in [3.63, 3.8) is 0 Å². The van der Waals surface area contributed by atoms with Crippen molar-refractivity contribution in [2.24, 2.45) is 11.7 Å². The minimum absolute atomic E-state index is 0.0293. The van der Waals surface area contributed by atoms with Gasteiger partial charge in [-0.2, -0.15) is 0 Å². The number of carbonyl (C=O) groups is 1. The average molecular weight is 243 g/mol. The van der Waals surface area contributed by atoms with Gasteiger partial charge in [0.25, 0.3) is 0 Å². The van der Waals surface area contributed by atoms with E-state index in [4.69, 9.17) is 5.73 Å². The van der Waals surface area contributed by atoms with Crippen molar-refractivity contribution in [3.05, 3.63) is 0 Å². The summed E-state index contributed by atoms with van der Waals surface area (Å²) >= 11 is 0. The molecule has 0 rings (SSSR count). The number of nitrogens with two attached hydrogens (primary N) is 1. The van der Waals surface area contributed by atoms with Gasteiger partial charge < -0.3 is 16.0 Å². The van der Waals surface area contributed by atoms with Gasteiger partial charge in [-0.1, -0.05) is 27.7 Å². The van der Waals surface area contributed by atoms with Crippen LogP contribution in [0.1, 0.15) is 41.0 Å². The first-order valence-electron chi connectivity index (χ1n) is 6.68. The Balaban J connectivity index is 4.02. The number of hydrogen-bond acceptors (Lipinski definition) is 3. The second-order valence-corrected chi connectivity index (χ2v) is 5.13. The monoisotopic (exact) mass is 243 g/mol. The van der Waals surface area contributed by atoms with Crippen LogP contribution >= 0.6 is 0 Å². The topological polar surface area (TPSA) is 58.4 Å². The molecule has 0 aliphatic rings. The number of hydrogen-bond donors (Lipinski definition) is 2. The van der Waals surface area contributed by atoms with Crippen LogP contribution in [0.5, 0.6) is 0 Å². The first-order chi connectivity index (χ1) is 7.90. The summed E-state index contributed by atoms with van der Waals surface area (Å²) in [6.45, 7) is 13.3. The Hall–Kier alpha value is -0.610. The maximum atomic E-state index is 11.8. The molecule has 2 atom stereocenters. The van der Waals surface area contributed by atoms with E-state index in [0.717, 1.165) is 26.1 Å². The number of likely N-dealkylation sites (N-methyl/N-ethyl adjacent to an activating group) is 1. The highest BCUT2D eigenvalue weighted by Gasteiger charge is 2.17. The molecule has 17 heavy (non-hydrogen) atoms. The second kappa shape index (κ2) is 8.48. The highest BCUT2D eigenvalue weighted by molar-refractivity contribution is 5.81. The summed E-state index contributed by atoms with van der Waals surface area (Å²) in [4.78, 5) is 14.1. The van der Waals surface area contributed by atoms with Crippen LogP contribution < -0.4 is 11.1 Å². The first-order valence-corrected chi connectivity index (χ1v) is 6.68. The third-order valence-electron chi connectivity index (χ3n) is 2.88. The SMILES string of the molecule is CCN(CC)CC(C)NC(=O)[C@H](N)CC(C)C. The zero-order valence-electron chi connectivity index (χ0n) is 12.0. The summed E-state index contributed by atoms with van der Waals surface area (Å²) < 4.78 is 0. The molecule has 1 amide bonds. The lowest BCUT2D eigenvalue weighted by molar-refractivity contribution is -0.123. The molecule has 0 heterocycles. The van der Waals surface area contributed by atoms with Crippen molar-refractivity contribution < 1.29 is 4.79 Å². The zero-order chi connectivity index (χ0) is 13.4. The van der Waals surface area contributed by atoms with E-state index in [0.29, 0.717) is 5.92 Å². The number of rotatable bonds is 8. The molecule has 0 saturated heterocycles. The van der Waals surface area contributed by atoms with Gasteiger partial charge in [0.05, 0.1) is 6.04 Å². The maximum absolute atomic E-state index is 11.8. The number of nitrogens with one attached hydrogen (secondary N) is 1. The Labute approximate surface area is 106 Å². The summed E-state index contributed by atoms with van der Waals surface area (Å²) in [5.41, 5.74) is 5.84. The third-order valence-corrected chi connectivity index (χ3v) is 2.88. The molecule has 0 aliphatic carbocycles. The average Bonchev–Trinajstić information content (AvgIpc) is 2.24. The molecule has 0 fully saturated rings. The Morgan fingerprint density at radius 1 is 1.24 bits per heavy atom. The predicted octanol–water partition coefficient (Wildman–Crippen LogP) is 1.21. The van der Waals surface area contributed by atoms with Gasteiger partial charge >= 0.3 is 0 Å². The lowest BCUT2D eigenvalue weighted by atomic mass is 10.0. The quantitative estimate of drug-likeness (QED) is 0.673. The Kier molecular flexibility index (Phi) is 8.17. The first kappa shape index (κ1) is 16.4. The van der Waals surface area contributed by atoms with E-state index in [1.165, 1.54) is 0 Å². The summed E-state index contributed by atoms with van der Waals surface area (Å²) in [5.74, 6) is 0.423. The molecule has 0 aromatic carbocycles. The summed E-state index contributed by atoms with van der Waals surface area (Å²) in [5, 5.41) is 2.98. The smallest absolute Gasteiger partial charge is 0.237 e. The van der Waals surface area contributed by atoms with Crippen molar-refractivity contribution >= 4 is 5.91 Å².